The molecule has 0 saturated heterocycles. The van der Waals surface area contributed by atoms with E-state index in [1.807, 2.05) is 11.3 Å². The molecule has 21 heavy (non-hydrogen) atoms. The molecule has 5 heteroatoms. The van der Waals surface area contributed by atoms with E-state index in [9.17, 15) is 8.42 Å². The average Bonchev–Trinajstić information content (AvgIpc) is 2.99. The van der Waals surface area contributed by atoms with Crippen LogP contribution in [-0.4, -0.2) is 20.2 Å². The molecular weight excluding hydrogens is 302 g/mol. The van der Waals surface area contributed by atoms with Crippen LogP contribution < -0.4 is 4.72 Å². The maximum absolute atomic E-state index is 11.8. The molecule has 1 aromatic heterocycles. The molecule has 1 saturated carbocycles. The highest BCUT2D eigenvalue weighted by molar-refractivity contribution is 7.90. The van der Waals surface area contributed by atoms with Crippen LogP contribution in [0.4, 0.5) is 0 Å². The topological polar surface area (TPSA) is 46.2 Å². The van der Waals surface area contributed by atoms with Crippen LogP contribution >= 0.6 is 11.3 Å². The summed E-state index contributed by atoms with van der Waals surface area (Å²) in [5.74, 6) is 1.79. The minimum absolute atomic E-state index is 0.348. The lowest BCUT2D eigenvalue weighted by molar-refractivity contribution is 0.247. The number of hydrogen-bond donors (Lipinski definition) is 1. The largest absolute Gasteiger partial charge is 0.215 e. The van der Waals surface area contributed by atoms with Crippen LogP contribution in [0.1, 0.15) is 57.2 Å². The molecule has 0 spiro atoms. The minimum Gasteiger partial charge on any atom is -0.215 e. The predicted octanol–water partition coefficient (Wildman–Crippen LogP) is 3.99. The lowest BCUT2D eigenvalue weighted by atomic mass is 9.76. The molecule has 3 nitrogen and oxygen atoms in total. The third-order valence-electron chi connectivity index (χ3n) is 4.75. The van der Waals surface area contributed by atoms with Gasteiger partial charge in [-0.2, -0.15) is 0 Å². The Kier molecular flexibility index (Phi) is 5.86. The first-order valence-corrected chi connectivity index (χ1v) is 10.3. The molecule has 0 bridgehead atoms. The average molecular weight is 330 g/mol. The Balaban J connectivity index is 1.79. The molecule has 0 amide bonds. The first-order valence-electron chi connectivity index (χ1n) is 7.92. The van der Waals surface area contributed by atoms with Crippen LogP contribution in [0.2, 0.25) is 0 Å². The first kappa shape index (κ1) is 17.0. The number of sulfonamides is 1. The van der Waals surface area contributed by atoms with Gasteiger partial charge < -0.3 is 0 Å². The van der Waals surface area contributed by atoms with Gasteiger partial charge >= 0.3 is 0 Å². The molecule has 0 aliphatic heterocycles. The molecule has 0 aromatic carbocycles. The Bertz CT molecular complexity index is 514. The molecular formula is C16H27NO2S2. The Morgan fingerprint density at radius 2 is 1.90 bits per heavy atom. The molecule has 1 aliphatic carbocycles. The van der Waals surface area contributed by atoms with E-state index in [1.54, 1.807) is 13.8 Å². The van der Waals surface area contributed by atoms with Crippen molar-refractivity contribution in [1.82, 2.24) is 4.72 Å². The Hall–Kier alpha value is -0.390. The van der Waals surface area contributed by atoms with E-state index in [0.29, 0.717) is 18.4 Å². The molecule has 1 N–H and O–H groups in total. The van der Waals surface area contributed by atoms with E-state index >= 15 is 0 Å². The van der Waals surface area contributed by atoms with Crippen LogP contribution in [0.5, 0.6) is 0 Å². The van der Waals surface area contributed by atoms with E-state index in [1.165, 1.54) is 30.6 Å². The monoisotopic (exact) mass is 329 g/mol. The Morgan fingerprint density at radius 1 is 1.24 bits per heavy atom. The van der Waals surface area contributed by atoms with Crippen molar-refractivity contribution in [3.63, 3.8) is 0 Å². The van der Waals surface area contributed by atoms with Gasteiger partial charge in [-0.05, 0) is 68.7 Å². The fourth-order valence-corrected chi connectivity index (χ4v) is 4.81. The zero-order chi connectivity index (χ0) is 15.5. The van der Waals surface area contributed by atoms with Gasteiger partial charge in [-0.1, -0.05) is 13.0 Å². The molecule has 1 aromatic rings. The van der Waals surface area contributed by atoms with Gasteiger partial charge in [0.05, 0.1) is 5.25 Å². The van der Waals surface area contributed by atoms with E-state index in [4.69, 9.17) is 0 Å². The van der Waals surface area contributed by atoms with Crippen LogP contribution in [-0.2, 0) is 10.0 Å². The van der Waals surface area contributed by atoms with Crippen molar-refractivity contribution in [3.8, 4) is 0 Å². The van der Waals surface area contributed by atoms with Gasteiger partial charge in [0.1, 0.15) is 0 Å². The van der Waals surface area contributed by atoms with Crippen molar-refractivity contribution in [2.24, 2.45) is 11.8 Å². The summed E-state index contributed by atoms with van der Waals surface area (Å²) < 4.78 is 26.4. The van der Waals surface area contributed by atoms with Crippen molar-refractivity contribution in [3.05, 3.63) is 22.4 Å². The van der Waals surface area contributed by atoms with Crippen LogP contribution in [0.25, 0.3) is 0 Å². The number of rotatable bonds is 6. The highest BCUT2D eigenvalue weighted by Gasteiger charge is 2.27. The van der Waals surface area contributed by atoms with Crippen LogP contribution in [0, 0.1) is 11.8 Å². The molecule has 1 fully saturated rings. The minimum atomic E-state index is -3.13. The number of hydrogen-bond acceptors (Lipinski definition) is 3. The SMILES string of the molecule is CC(CNS(=O)(=O)C(C)C)C1CCC(c2cccs2)CC1. The summed E-state index contributed by atoms with van der Waals surface area (Å²) in [5, 5.41) is 1.81. The molecule has 1 heterocycles. The number of nitrogens with one attached hydrogen (secondary N) is 1. The van der Waals surface area contributed by atoms with Gasteiger partial charge in [-0.3, -0.25) is 0 Å². The maximum atomic E-state index is 11.8. The molecule has 2 rings (SSSR count). The van der Waals surface area contributed by atoms with Gasteiger partial charge in [0.15, 0.2) is 0 Å². The van der Waals surface area contributed by atoms with Gasteiger partial charge in [-0.25, -0.2) is 13.1 Å². The lowest BCUT2D eigenvalue weighted by Crippen LogP contribution is -2.36. The van der Waals surface area contributed by atoms with E-state index in [2.05, 4.69) is 29.2 Å². The molecule has 1 aliphatic rings. The lowest BCUT2D eigenvalue weighted by Gasteiger charge is -2.32. The highest BCUT2D eigenvalue weighted by atomic mass is 32.2. The zero-order valence-electron chi connectivity index (χ0n) is 13.2. The van der Waals surface area contributed by atoms with Crippen molar-refractivity contribution in [2.75, 3.05) is 6.54 Å². The fraction of sp³-hybridized carbons (Fsp3) is 0.750. The van der Waals surface area contributed by atoms with E-state index in [0.717, 1.165) is 5.92 Å². The zero-order valence-corrected chi connectivity index (χ0v) is 14.8. The van der Waals surface area contributed by atoms with Crippen molar-refractivity contribution >= 4 is 21.4 Å². The Morgan fingerprint density at radius 3 is 2.43 bits per heavy atom. The third-order valence-corrected chi connectivity index (χ3v) is 7.59. The summed E-state index contributed by atoms with van der Waals surface area (Å²) in [6.07, 6.45) is 4.92. The fourth-order valence-electron chi connectivity index (χ4n) is 3.08. The smallest absolute Gasteiger partial charge is 0.213 e. The summed E-state index contributed by atoms with van der Waals surface area (Å²) in [7, 11) is -3.13. The van der Waals surface area contributed by atoms with Crippen LogP contribution in [0.3, 0.4) is 0 Å². The second kappa shape index (κ2) is 7.25. The van der Waals surface area contributed by atoms with Gasteiger partial charge in [0.2, 0.25) is 10.0 Å². The second-order valence-corrected chi connectivity index (χ2v) is 9.85. The molecule has 0 radical (unpaired) electrons. The van der Waals surface area contributed by atoms with E-state index in [-0.39, 0.29) is 5.25 Å². The van der Waals surface area contributed by atoms with Crippen molar-refractivity contribution < 1.29 is 8.42 Å². The normalized spacial score (nSPS) is 25.1. The van der Waals surface area contributed by atoms with Crippen molar-refractivity contribution in [1.29, 1.82) is 0 Å². The van der Waals surface area contributed by atoms with Crippen LogP contribution in [0.15, 0.2) is 17.5 Å². The standard InChI is InChI=1S/C16H27NO2S2/c1-12(2)21(18,19)17-11-13(3)14-6-8-15(9-7-14)16-5-4-10-20-16/h4-5,10,12-15,17H,6-9,11H2,1-3H3. The summed E-state index contributed by atoms with van der Waals surface area (Å²) in [5.41, 5.74) is 0. The molecule has 120 valence electrons. The Labute approximate surface area is 133 Å². The van der Waals surface area contributed by atoms with Crippen molar-refractivity contribution in [2.45, 2.75) is 57.6 Å². The summed E-state index contributed by atoms with van der Waals surface area (Å²) in [4.78, 5) is 1.52. The summed E-state index contributed by atoms with van der Waals surface area (Å²) in [6, 6.07) is 4.38. The third kappa shape index (κ3) is 4.54. The first-order chi connectivity index (χ1) is 9.90. The van der Waals surface area contributed by atoms with Gasteiger partial charge in [-0.15, -0.1) is 11.3 Å². The quantitative estimate of drug-likeness (QED) is 0.858. The summed E-state index contributed by atoms with van der Waals surface area (Å²) >= 11 is 1.86. The highest BCUT2D eigenvalue weighted by Crippen LogP contribution is 2.40. The predicted molar refractivity (Wildman–Crippen MR) is 90.2 cm³/mol. The van der Waals surface area contributed by atoms with Gasteiger partial charge in [0.25, 0.3) is 0 Å². The van der Waals surface area contributed by atoms with E-state index < -0.39 is 10.0 Å². The van der Waals surface area contributed by atoms with Gasteiger partial charge in [0, 0.05) is 11.4 Å². The molecule has 1 unspecified atom stereocenters. The second-order valence-electron chi connectivity index (χ2n) is 6.55. The summed E-state index contributed by atoms with van der Waals surface area (Å²) in [6.45, 7) is 6.20. The number of thiophene rings is 1. The molecule has 1 atom stereocenters. The maximum Gasteiger partial charge on any atom is 0.213 e.